The van der Waals surface area contributed by atoms with E-state index in [9.17, 15) is 0 Å². The quantitative estimate of drug-likeness (QED) is 0.631. The first-order valence-corrected chi connectivity index (χ1v) is 8.10. The molecule has 2 heteroatoms. The highest BCUT2D eigenvalue weighted by Gasteiger charge is 2.05. The molecule has 0 radical (unpaired) electrons. The highest BCUT2D eigenvalue weighted by Crippen LogP contribution is 2.15. The van der Waals surface area contributed by atoms with Crippen molar-refractivity contribution >= 4 is 0 Å². The normalized spacial score (nSPS) is 14.2. The molecule has 0 saturated heterocycles. The third-order valence-electron chi connectivity index (χ3n) is 3.93. The van der Waals surface area contributed by atoms with Crippen LogP contribution in [0.25, 0.3) is 0 Å². The van der Waals surface area contributed by atoms with Crippen LogP contribution in [0.5, 0.6) is 0 Å². The molecule has 1 aromatic rings. The van der Waals surface area contributed by atoms with E-state index in [2.05, 4.69) is 50.4 Å². The summed E-state index contributed by atoms with van der Waals surface area (Å²) in [6.07, 6.45) is 5.94. The third-order valence-corrected chi connectivity index (χ3v) is 3.93. The summed E-state index contributed by atoms with van der Waals surface area (Å²) in [6.45, 7) is 7.87. The van der Waals surface area contributed by atoms with Crippen molar-refractivity contribution < 1.29 is 5.11 Å². The first-order chi connectivity index (χ1) is 9.67. The van der Waals surface area contributed by atoms with Crippen molar-refractivity contribution in [1.29, 1.82) is 0 Å². The van der Waals surface area contributed by atoms with E-state index in [4.69, 9.17) is 5.11 Å². The van der Waals surface area contributed by atoms with Crippen LogP contribution in [0.4, 0.5) is 0 Å². The van der Waals surface area contributed by atoms with Crippen molar-refractivity contribution in [2.24, 2.45) is 5.92 Å². The van der Waals surface area contributed by atoms with E-state index in [0.29, 0.717) is 18.6 Å². The number of rotatable bonds is 10. The average molecular weight is 277 g/mol. The fourth-order valence-corrected chi connectivity index (χ4v) is 2.33. The lowest BCUT2D eigenvalue weighted by atomic mass is 10.0. The third kappa shape index (κ3) is 6.53. The van der Waals surface area contributed by atoms with E-state index in [1.807, 2.05) is 0 Å². The number of aryl methyl sites for hydroxylation is 1. The molecule has 0 spiro atoms. The van der Waals surface area contributed by atoms with E-state index < -0.39 is 0 Å². The van der Waals surface area contributed by atoms with Crippen LogP contribution in [-0.4, -0.2) is 18.3 Å². The molecule has 2 nitrogen and oxygen atoms in total. The molecule has 114 valence electrons. The van der Waals surface area contributed by atoms with E-state index in [0.717, 1.165) is 19.4 Å². The maximum Gasteiger partial charge on any atom is 0.0456 e. The van der Waals surface area contributed by atoms with Gasteiger partial charge in [0, 0.05) is 12.6 Å². The first-order valence-electron chi connectivity index (χ1n) is 8.10. The lowest BCUT2D eigenvalue weighted by molar-refractivity contribution is 0.227. The van der Waals surface area contributed by atoms with Crippen molar-refractivity contribution in [3.05, 3.63) is 35.4 Å². The van der Waals surface area contributed by atoms with Crippen molar-refractivity contribution in [2.75, 3.05) is 13.2 Å². The molecule has 0 heterocycles. The topological polar surface area (TPSA) is 32.3 Å². The summed E-state index contributed by atoms with van der Waals surface area (Å²) in [4.78, 5) is 0. The summed E-state index contributed by atoms with van der Waals surface area (Å²) < 4.78 is 0. The molecular weight excluding hydrogens is 246 g/mol. The Morgan fingerprint density at radius 1 is 1.10 bits per heavy atom. The van der Waals surface area contributed by atoms with Gasteiger partial charge in [0.1, 0.15) is 0 Å². The van der Waals surface area contributed by atoms with Crippen molar-refractivity contribution in [3.8, 4) is 0 Å². The molecule has 2 unspecified atom stereocenters. The van der Waals surface area contributed by atoms with Crippen LogP contribution in [0.15, 0.2) is 24.3 Å². The zero-order valence-electron chi connectivity index (χ0n) is 13.4. The smallest absolute Gasteiger partial charge is 0.0456 e. The van der Waals surface area contributed by atoms with Gasteiger partial charge in [0.25, 0.3) is 0 Å². The number of unbranched alkanes of at least 4 members (excludes halogenated alkanes) is 1. The van der Waals surface area contributed by atoms with Crippen LogP contribution in [0.1, 0.15) is 63.6 Å². The summed E-state index contributed by atoms with van der Waals surface area (Å²) in [7, 11) is 0. The summed E-state index contributed by atoms with van der Waals surface area (Å²) in [5.41, 5.74) is 2.81. The van der Waals surface area contributed by atoms with Gasteiger partial charge >= 0.3 is 0 Å². The molecule has 0 aliphatic rings. The van der Waals surface area contributed by atoms with Gasteiger partial charge in [0.05, 0.1) is 0 Å². The van der Waals surface area contributed by atoms with Gasteiger partial charge in [0.15, 0.2) is 0 Å². The van der Waals surface area contributed by atoms with Gasteiger partial charge in [-0.2, -0.15) is 0 Å². The Kier molecular flexibility index (Phi) is 8.56. The predicted octanol–water partition coefficient (Wildman–Crippen LogP) is 4.09. The number of nitrogens with one attached hydrogen (secondary N) is 1. The lowest BCUT2D eigenvalue weighted by Crippen LogP contribution is -2.20. The fourth-order valence-electron chi connectivity index (χ4n) is 2.33. The molecule has 20 heavy (non-hydrogen) atoms. The standard InChI is InChI=1S/C18H31NO/c1-4-5-8-17-9-11-18(12-10-17)16(3)19-13-6-7-15(2)14-20/h9-12,15-16,19-20H,4-8,13-14H2,1-3H3. The van der Waals surface area contributed by atoms with Crippen LogP contribution in [-0.2, 0) is 6.42 Å². The van der Waals surface area contributed by atoms with E-state index in [1.54, 1.807) is 0 Å². The molecule has 1 aromatic carbocycles. The zero-order chi connectivity index (χ0) is 14.8. The Morgan fingerprint density at radius 3 is 2.40 bits per heavy atom. The van der Waals surface area contributed by atoms with Gasteiger partial charge in [-0.3, -0.25) is 0 Å². The van der Waals surface area contributed by atoms with Crippen LogP contribution >= 0.6 is 0 Å². The number of aliphatic hydroxyl groups is 1. The van der Waals surface area contributed by atoms with Gasteiger partial charge in [-0.15, -0.1) is 0 Å². The Morgan fingerprint density at radius 2 is 1.80 bits per heavy atom. The summed E-state index contributed by atoms with van der Waals surface area (Å²) in [5.74, 6) is 0.421. The highest BCUT2D eigenvalue weighted by atomic mass is 16.3. The van der Waals surface area contributed by atoms with Crippen molar-refractivity contribution in [3.63, 3.8) is 0 Å². The maximum absolute atomic E-state index is 8.99. The fraction of sp³-hybridized carbons (Fsp3) is 0.667. The Labute approximate surface area is 124 Å². The molecule has 0 aromatic heterocycles. The summed E-state index contributed by atoms with van der Waals surface area (Å²) >= 11 is 0. The number of benzene rings is 1. The SMILES string of the molecule is CCCCc1ccc(C(C)NCCCC(C)CO)cc1. The minimum absolute atomic E-state index is 0.300. The van der Waals surface area contributed by atoms with E-state index >= 15 is 0 Å². The van der Waals surface area contributed by atoms with Crippen LogP contribution < -0.4 is 5.32 Å². The second-order valence-electron chi connectivity index (χ2n) is 5.95. The molecule has 0 amide bonds. The van der Waals surface area contributed by atoms with Crippen molar-refractivity contribution in [2.45, 2.75) is 58.9 Å². The Bertz CT molecular complexity index is 347. The van der Waals surface area contributed by atoms with E-state index in [-0.39, 0.29) is 0 Å². The van der Waals surface area contributed by atoms with Crippen molar-refractivity contribution in [1.82, 2.24) is 5.32 Å². The molecule has 1 rings (SSSR count). The average Bonchev–Trinajstić information content (AvgIpc) is 2.49. The predicted molar refractivity (Wildman–Crippen MR) is 87.0 cm³/mol. The van der Waals surface area contributed by atoms with Gasteiger partial charge in [-0.25, -0.2) is 0 Å². The highest BCUT2D eigenvalue weighted by molar-refractivity contribution is 5.24. The van der Waals surface area contributed by atoms with Crippen LogP contribution in [0, 0.1) is 5.92 Å². The molecule has 0 aliphatic carbocycles. The maximum atomic E-state index is 8.99. The summed E-state index contributed by atoms with van der Waals surface area (Å²) in [6, 6.07) is 9.42. The van der Waals surface area contributed by atoms with Gasteiger partial charge in [-0.05, 0) is 56.2 Å². The second kappa shape index (κ2) is 9.95. The molecule has 0 saturated carbocycles. The largest absolute Gasteiger partial charge is 0.396 e. The lowest BCUT2D eigenvalue weighted by Gasteiger charge is -2.15. The number of aliphatic hydroxyl groups excluding tert-OH is 1. The Hall–Kier alpha value is -0.860. The van der Waals surface area contributed by atoms with Gasteiger partial charge in [-0.1, -0.05) is 44.5 Å². The molecule has 2 atom stereocenters. The second-order valence-corrected chi connectivity index (χ2v) is 5.95. The molecule has 2 N–H and O–H groups in total. The van der Waals surface area contributed by atoms with E-state index in [1.165, 1.54) is 30.4 Å². The molecular formula is C18H31NO. The minimum atomic E-state index is 0.300. The summed E-state index contributed by atoms with van der Waals surface area (Å²) in [5, 5.41) is 12.5. The molecule has 0 bridgehead atoms. The molecule has 0 aliphatic heterocycles. The van der Waals surface area contributed by atoms with Gasteiger partial charge < -0.3 is 10.4 Å². The number of hydrogen-bond acceptors (Lipinski definition) is 2. The van der Waals surface area contributed by atoms with Crippen LogP contribution in [0.2, 0.25) is 0 Å². The Balaban J connectivity index is 2.30. The zero-order valence-corrected chi connectivity index (χ0v) is 13.4. The molecule has 0 fully saturated rings. The number of hydrogen-bond donors (Lipinski definition) is 2. The monoisotopic (exact) mass is 277 g/mol. The van der Waals surface area contributed by atoms with Crippen LogP contribution in [0.3, 0.4) is 0 Å². The van der Waals surface area contributed by atoms with Gasteiger partial charge in [0.2, 0.25) is 0 Å². The minimum Gasteiger partial charge on any atom is -0.396 e. The first kappa shape index (κ1) is 17.2.